The maximum Gasteiger partial charge on any atom is 0.337 e. The largest absolute Gasteiger partial charge is 0.478 e. The summed E-state index contributed by atoms with van der Waals surface area (Å²) in [5, 5.41) is 8.97. The van der Waals surface area contributed by atoms with E-state index < -0.39 is 17.7 Å². The maximum absolute atomic E-state index is 13.1. The molecule has 108 valence electrons. The number of carbonyl (C=O) groups excluding carboxylic acids is 1. The van der Waals surface area contributed by atoms with Gasteiger partial charge < -0.3 is 10.0 Å². The van der Waals surface area contributed by atoms with Crippen LogP contribution in [-0.4, -0.2) is 24.0 Å². The normalized spacial score (nSPS) is 10.2. The van der Waals surface area contributed by atoms with Crippen LogP contribution in [0.1, 0.15) is 20.7 Å². The Morgan fingerprint density at radius 2 is 1.86 bits per heavy atom. The highest BCUT2D eigenvalue weighted by Crippen LogP contribution is 2.23. The van der Waals surface area contributed by atoms with Crippen LogP contribution in [-0.2, 0) is 0 Å². The van der Waals surface area contributed by atoms with Gasteiger partial charge in [0, 0.05) is 12.6 Å². The molecule has 1 N–H and O–H groups in total. The second-order valence-electron chi connectivity index (χ2n) is 4.32. The highest BCUT2D eigenvalue weighted by Gasteiger charge is 2.19. The minimum atomic E-state index is -1.14. The number of nitrogens with zero attached hydrogens (tertiary/aromatic N) is 1. The lowest BCUT2D eigenvalue weighted by atomic mass is 10.1. The molecule has 2 aromatic rings. The van der Waals surface area contributed by atoms with Crippen LogP contribution in [0.4, 0.5) is 10.1 Å². The lowest BCUT2D eigenvalue weighted by Crippen LogP contribution is -2.27. The van der Waals surface area contributed by atoms with E-state index in [1.807, 2.05) is 0 Å². The van der Waals surface area contributed by atoms with Gasteiger partial charge in [0.15, 0.2) is 0 Å². The molecule has 4 nitrogen and oxygen atoms in total. The van der Waals surface area contributed by atoms with Crippen molar-refractivity contribution in [3.63, 3.8) is 0 Å². The first-order chi connectivity index (χ1) is 9.91. The molecule has 6 heteroatoms. The number of hydrogen-bond acceptors (Lipinski definition) is 2. The molecule has 21 heavy (non-hydrogen) atoms. The zero-order valence-corrected chi connectivity index (χ0v) is 11.8. The van der Waals surface area contributed by atoms with Crippen molar-refractivity contribution in [1.82, 2.24) is 0 Å². The Hall–Kier alpha value is -2.40. The molecule has 0 radical (unpaired) electrons. The van der Waals surface area contributed by atoms with Crippen molar-refractivity contribution >= 4 is 29.2 Å². The molecule has 0 aliphatic heterocycles. The fourth-order valence-electron chi connectivity index (χ4n) is 1.88. The average Bonchev–Trinajstić information content (AvgIpc) is 2.48. The molecule has 0 aromatic heterocycles. The highest BCUT2D eigenvalue weighted by atomic mass is 35.5. The SMILES string of the molecule is CN(C(=O)c1ccc(F)c(Cl)c1)c1ccccc1C(=O)O. The second-order valence-corrected chi connectivity index (χ2v) is 4.72. The zero-order valence-electron chi connectivity index (χ0n) is 11.0. The summed E-state index contributed by atoms with van der Waals surface area (Å²) < 4.78 is 13.1. The van der Waals surface area contributed by atoms with E-state index in [2.05, 4.69) is 0 Å². The number of halogens is 2. The lowest BCUT2D eigenvalue weighted by Gasteiger charge is -2.19. The van der Waals surface area contributed by atoms with Crippen LogP contribution in [0.3, 0.4) is 0 Å². The molecule has 0 saturated heterocycles. The first-order valence-corrected chi connectivity index (χ1v) is 6.35. The quantitative estimate of drug-likeness (QED) is 0.945. The molecule has 0 spiro atoms. The van der Waals surface area contributed by atoms with Crippen molar-refractivity contribution in [2.45, 2.75) is 0 Å². The molecule has 0 saturated carbocycles. The van der Waals surface area contributed by atoms with Gasteiger partial charge in [-0.25, -0.2) is 9.18 Å². The third kappa shape index (κ3) is 3.03. The number of benzene rings is 2. The van der Waals surface area contributed by atoms with Crippen molar-refractivity contribution in [2.75, 3.05) is 11.9 Å². The molecule has 0 bridgehead atoms. The Kier molecular flexibility index (Phi) is 4.23. The third-order valence-corrected chi connectivity index (χ3v) is 3.26. The minimum Gasteiger partial charge on any atom is -0.478 e. The summed E-state index contributed by atoms with van der Waals surface area (Å²) >= 11 is 5.65. The monoisotopic (exact) mass is 307 g/mol. The number of carboxylic acids is 1. The number of rotatable bonds is 3. The van der Waals surface area contributed by atoms with Crippen LogP contribution < -0.4 is 4.90 Å². The first-order valence-electron chi connectivity index (χ1n) is 5.97. The van der Waals surface area contributed by atoms with Gasteiger partial charge in [0.2, 0.25) is 0 Å². The Balaban J connectivity index is 2.40. The van der Waals surface area contributed by atoms with Crippen LogP contribution in [0, 0.1) is 5.82 Å². The van der Waals surface area contributed by atoms with E-state index >= 15 is 0 Å². The molecule has 2 rings (SSSR count). The van der Waals surface area contributed by atoms with E-state index in [0.717, 1.165) is 6.07 Å². The molecule has 1 amide bonds. The molecule has 0 unspecified atom stereocenters. The predicted molar refractivity (Wildman–Crippen MR) is 77.5 cm³/mol. The number of carbonyl (C=O) groups is 2. The van der Waals surface area contributed by atoms with E-state index in [9.17, 15) is 14.0 Å². The Bertz CT molecular complexity index is 718. The molecular weight excluding hydrogens is 297 g/mol. The topological polar surface area (TPSA) is 57.6 Å². The van der Waals surface area contributed by atoms with Gasteiger partial charge in [-0.2, -0.15) is 0 Å². The highest BCUT2D eigenvalue weighted by molar-refractivity contribution is 6.31. The van der Waals surface area contributed by atoms with Gasteiger partial charge in [-0.05, 0) is 30.3 Å². The van der Waals surface area contributed by atoms with Gasteiger partial charge in [0.1, 0.15) is 5.82 Å². The summed E-state index contributed by atoms with van der Waals surface area (Å²) in [6.45, 7) is 0. The van der Waals surface area contributed by atoms with Gasteiger partial charge in [0.05, 0.1) is 16.3 Å². The summed E-state index contributed by atoms with van der Waals surface area (Å²) in [6, 6.07) is 9.71. The van der Waals surface area contributed by atoms with Crippen molar-refractivity contribution in [1.29, 1.82) is 0 Å². The standard InChI is InChI=1S/C15H11ClFNO3/c1-18(13-5-3-2-4-10(13)15(20)21)14(19)9-6-7-12(17)11(16)8-9/h2-8H,1H3,(H,20,21). The van der Waals surface area contributed by atoms with Gasteiger partial charge in [-0.15, -0.1) is 0 Å². The molecule has 2 aromatic carbocycles. The van der Waals surface area contributed by atoms with E-state index in [1.165, 1.54) is 36.2 Å². The summed E-state index contributed by atoms with van der Waals surface area (Å²) in [5.41, 5.74) is 0.418. The maximum atomic E-state index is 13.1. The van der Waals surface area contributed by atoms with Crippen molar-refractivity contribution < 1.29 is 19.1 Å². The van der Waals surface area contributed by atoms with Gasteiger partial charge >= 0.3 is 5.97 Å². The van der Waals surface area contributed by atoms with Crippen LogP contribution >= 0.6 is 11.6 Å². The number of aromatic carboxylic acids is 1. The fourth-order valence-corrected chi connectivity index (χ4v) is 2.06. The predicted octanol–water partition coefficient (Wildman–Crippen LogP) is 3.45. The molecule has 0 fully saturated rings. The number of hydrogen-bond donors (Lipinski definition) is 1. The zero-order chi connectivity index (χ0) is 15.6. The molecule has 0 heterocycles. The van der Waals surface area contributed by atoms with Gasteiger partial charge in [-0.1, -0.05) is 23.7 Å². The summed E-state index contributed by atoms with van der Waals surface area (Å²) in [6.07, 6.45) is 0. The van der Waals surface area contributed by atoms with E-state index in [4.69, 9.17) is 16.7 Å². The average molecular weight is 308 g/mol. The summed E-state index contributed by atoms with van der Waals surface area (Å²) in [4.78, 5) is 24.7. The van der Waals surface area contributed by atoms with Crippen LogP contribution in [0.25, 0.3) is 0 Å². The van der Waals surface area contributed by atoms with Crippen molar-refractivity contribution in [3.05, 3.63) is 64.4 Å². The van der Waals surface area contributed by atoms with E-state index in [0.29, 0.717) is 0 Å². The number of anilines is 1. The number of carboxylic acid groups (broad SMARTS) is 1. The summed E-state index contributed by atoms with van der Waals surface area (Å²) in [7, 11) is 1.45. The van der Waals surface area contributed by atoms with E-state index in [1.54, 1.807) is 12.1 Å². The lowest BCUT2D eigenvalue weighted by molar-refractivity contribution is 0.0697. The Morgan fingerprint density at radius 3 is 2.48 bits per heavy atom. The fraction of sp³-hybridized carbons (Fsp3) is 0.0667. The van der Waals surface area contributed by atoms with Gasteiger partial charge in [0.25, 0.3) is 5.91 Å². The molecular formula is C15H11ClFNO3. The third-order valence-electron chi connectivity index (χ3n) is 2.97. The minimum absolute atomic E-state index is 0.00144. The number of para-hydroxylation sites is 1. The second kappa shape index (κ2) is 5.93. The molecule has 0 atom stereocenters. The van der Waals surface area contributed by atoms with Crippen LogP contribution in [0.2, 0.25) is 5.02 Å². The van der Waals surface area contributed by atoms with Crippen molar-refractivity contribution in [3.8, 4) is 0 Å². The van der Waals surface area contributed by atoms with Crippen LogP contribution in [0.5, 0.6) is 0 Å². The van der Waals surface area contributed by atoms with Gasteiger partial charge in [-0.3, -0.25) is 4.79 Å². The summed E-state index contributed by atoms with van der Waals surface area (Å²) in [5.74, 6) is -2.24. The smallest absolute Gasteiger partial charge is 0.337 e. The van der Waals surface area contributed by atoms with Crippen molar-refractivity contribution in [2.24, 2.45) is 0 Å². The number of amides is 1. The molecule has 0 aliphatic carbocycles. The Labute approximate surface area is 125 Å². The van der Waals surface area contributed by atoms with Crippen LogP contribution in [0.15, 0.2) is 42.5 Å². The Morgan fingerprint density at radius 1 is 1.19 bits per heavy atom. The van der Waals surface area contributed by atoms with E-state index in [-0.39, 0.29) is 21.8 Å². The first kappa shape index (κ1) is 15.0. The molecule has 0 aliphatic rings.